The maximum atomic E-state index is 6.54. The number of guanidine groups is 2. The zero-order chi connectivity index (χ0) is 53.8. The number of nitrogens with two attached hydrogens (primary N) is 2. The number of hydrogen-bond donors (Lipinski definition) is 2. The topological polar surface area (TPSA) is 194 Å². The summed E-state index contributed by atoms with van der Waals surface area (Å²) in [6.07, 6.45) is 6.57. The van der Waals surface area contributed by atoms with E-state index in [0.717, 1.165) is 107 Å². The van der Waals surface area contributed by atoms with E-state index in [1.807, 2.05) is 66.7 Å². The van der Waals surface area contributed by atoms with E-state index in [1.54, 1.807) is 28.3 Å². The van der Waals surface area contributed by atoms with Crippen molar-refractivity contribution in [2.45, 2.75) is 113 Å². The Kier molecular flexibility index (Phi) is 16.9. The van der Waals surface area contributed by atoms with Gasteiger partial charge in [0.15, 0.2) is 0 Å². The molecule has 0 bridgehead atoms. The van der Waals surface area contributed by atoms with Gasteiger partial charge in [0.05, 0.1) is 48.8 Å². The number of fused-ring (bicyclic) bond motifs is 4. The molecule has 0 aliphatic carbocycles. The summed E-state index contributed by atoms with van der Waals surface area (Å²) in [6, 6.07) is 28.0. The molecule has 11 rings (SSSR count). The zero-order valence-electron chi connectivity index (χ0n) is 45.2. The molecule has 18 nitrogen and oxygen atoms in total. The van der Waals surface area contributed by atoms with Crippen molar-refractivity contribution < 1.29 is 56.9 Å². The highest BCUT2D eigenvalue weighted by Crippen LogP contribution is 2.53. The maximum absolute atomic E-state index is 6.54. The molecule has 76 heavy (non-hydrogen) atoms. The van der Waals surface area contributed by atoms with Gasteiger partial charge in [0.2, 0.25) is 23.4 Å². The monoisotopic (exact) mass is 1110 g/mol. The van der Waals surface area contributed by atoms with Gasteiger partial charge in [-0.25, -0.2) is 29.8 Å². The lowest BCUT2D eigenvalue weighted by Gasteiger charge is -2.46. The van der Waals surface area contributed by atoms with Gasteiger partial charge in [-0.15, -0.1) is 0 Å². The van der Waals surface area contributed by atoms with Crippen LogP contribution in [0.15, 0.2) is 99.4 Å². The fraction of sp³-hybridized carbons (Fsp3) is 0.536. The molecule has 4 atom stereocenters. The lowest BCUT2D eigenvalue weighted by atomic mass is 9.79. The summed E-state index contributed by atoms with van der Waals surface area (Å²) < 4.78 is 59.1. The SMILES string of the molecule is CN1OC2(CC3(CCCOC3)Oc3ccc(Br)cc32)N=C1N.COCCCOc1cccc(-c2ccc3c(c2)C2(CC4(CCCOC4)O3)N=C(N)N(C)O2)c1.COCCCOc1cccc(B2OC(C)(C)C(C)(C)O2)c1. The van der Waals surface area contributed by atoms with E-state index in [9.17, 15) is 0 Å². The molecule has 7 aliphatic rings. The fourth-order valence-electron chi connectivity index (χ4n) is 10.4. The average Bonchev–Trinajstić information content (AvgIpc) is 4.07. The highest BCUT2D eigenvalue weighted by Gasteiger charge is 2.57. The second-order valence-corrected chi connectivity index (χ2v) is 22.3. The molecule has 4 unspecified atom stereocenters. The van der Waals surface area contributed by atoms with Gasteiger partial charge in [-0.2, -0.15) is 0 Å². The molecule has 0 radical (unpaired) electrons. The average molecular weight is 1110 g/mol. The standard InChI is InChI=1S/C25H31N3O5.C16H25BO4.C15H18BrN3O3/c1-28-23(26)27-25(33-28)16-24(10-4-12-30-17-24)32-22-9-8-19(15-21(22)25)18-6-3-7-20(14-18)31-13-5-11-29-2;1-15(2)16(3,4)21-17(20-15)13-8-6-9-14(12-13)19-11-7-10-18-5;1-19-13(17)18-15(22-19)8-14(5-2-6-20-9-14)21-12-4-3-10(16)7-11(12)15/h3,6-9,14-15H,4-5,10-13,16-17H2,1-2H3,(H2,26,27);6,8-9,12H,7,10-11H2,1-5H3;3-4,7H,2,5-6,8-9H2,1H3,(H2,17,18). The summed E-state index contributed by atoms with van der Waals surface area (Å²) in [7, 11) is 6.59. The van der Waals surface area contributed by atoms with Crippen LogP contribution in [0.4, 0.5) is 0 Å². The Bertz CT molecular complexity index is 2700. The molecule has 4 spiro atoms. The Hall–Kier alpha value is -5.16. The number of ether oxygens (including phenoxy) is 8. The third-order valence-corrected chi connectivity index (χ3v) is 15.5. The van der Waals surface area contributed by atoms with Gasteiger partial charge in [0.25, 0.3) is 0 Å². The summed E-state index contributed by atoms with van der Waals surface area (Å²) >= 11 is 3.51. The lowest BCUT2D eigenvalue weighted by molar-refractivity contribution is -0.216. The number of aliphatic imine (C=N–C) groups is 2. The van der Waals surface area contributed by atoms with Gasteiger partial charge >= 0.3 is 7.12 Å². The van der Waals surface area contributed by atoms with Crippen molar-refractivity contribution in [3.05, 3.63) is 101 Å². The van der Waals surface area contributed by atoms with E-state index < -0.39 is 22.7 Å². The number of nitrogens with zero attached hydrogens (tertiary/aromatic N) is 4. The Labute approximate surface area is 455 Å². The second kappa shape index (κ2) is 23.0. The first-order chi connectivity index (χ1) is 36.4. The lowest BCUT2D eigenvalue weighted by Crippen LogP contribution is -2.53. The van der Waals surface area contributed by atoms with Gasteiger partial charge in [0.1, 0.15) is 34.2 Å². The number of hydroxylamine groups is 4. The molecular formula is C56H74BBrN6O12. The Balaban J connectivity index is 0.000000145. The second-order valence-electron chi connectivity index (χ2n) is 21.4. The van der Waals surface area contributed by atoms with Crippen LogP contribution in [-0.4, -0.2) is 133 Å². The first-order valence-corrected chi connectivity index (χ1v) is 27.0. The molecule has 410 valence electrons. The van der Waals surface area contributed by atoms with Crippen LogP contribution in [0.1, 0.15) is 90.2 Å². The summed E-state index contributed by atoms with van der Waals surface area (Å²) in [6.45, 7) is 13.4. The van der Waals surface area contributed by atoms with Crippen molar-refractivity contribution in [3.8, 4) is 34.1 Å². The van der Waals surface area contributed by atoms with Crippen LogP contribution in [-0.2, 0) is 49.4 Å². The number of benzene rings is 4. The highest BCUT2D eigenvalue weighted by atomic mass is 79.9. The first-order valence-electron chi connectivity index (χ1n) is 26.2. The van der Waals surface area contributed by atoms with Crippen LogP contribution in [0.25, 0.3) is 11.1 Å². The van der Waals surface area contributed by atoms with Crippen molar-refractivity contribution in [1.29, 1.82) is 0 Å². The molecule has 20 heteroatoms. The van der Waals surface area contributed by atoms with Gasteiger partial charge < -0.3 is 58.7 Å². The largest absolute Gasteiger partial charge is 0.494 e. The predicted molar refractivity (Wildman–Crippen MR) is 293 cm³/mol. The Morgan fingerprint density at radius 1 is 0.618 bits per heavy atom. The number of methoxy groups -OCH3 is 2. The van der Waals surface area contributed by atoms with Crippen LogP contribution in [0.2, 0.25) is 0 Å². The molecule has 4 aromatic carbocycles. The number of halogens is 1. The van der Waals surface area contributed by atoms with Crippen molar-refractivity contribution in [2.75, 3.05) is 81.2 Å². The smallest absolute Gasteiger partial charge is 0.494 e. The van der Waals surface area contributed by atoms with E-state index >= 15 is 0 Å². The summed E-state index contributed by atoms with van der Waals surface area (Å²) in [5.74, 6) is 3.93. The first kappa shape index (κ1) is 55.6. The van der Waals surface area contributed by atoms with Crippen molar-refractivity contribution in [2.24, 2.45) is 21.5 Å². The van der Waals surface area contributed by atoms with E-state index in [2.05, 4.69) is 66.8 Å². The van der Waals surface area contributed by atoms with E-state index in [1.165, 1.54) is 10.1 Å². The van der Waals surface area contributed by atoms with Gasteiger partial charge in [-0.05, 0) is 125 Å². The van der Waals surface area contributed by atoms with Gasteiger partial charge in [-0.1, -0.05) is 46.3 Å². The molecule has 4 N–H and O–H groups in total. The minimum absolute atomic E-state index is 0.326. The summed E-state index contributed by atoms with van der Waals surface area (Å²) in [5, 5.41) is 3.06. The van der Waals surface area contributed by atoms with Crippen molar-refractivity contribution in [3.63, 3.8) is 0 Å². The Morgan fingerprint density at radius 2 is 1.12 bits per heavy atom. The molecule has 4 aromatic rings. The van der Waals surface area contributed by atoms with Crippen molar-refractivity contribution in [1.82, 2.24) is 10.1 Å². The van der Waals surface area contributed by atoms with Crippen LogP contribution in [0.5, 0.6) is 23.0 Å². The summed E-state index contributed by atoms with van der Waals surface area (Å²) in [5.41, 5.74) is 13.6. The highest BCUT2D eigenvalue weighted by molar-refractivity contribution is 9.10. The molecule has 3 saturated heterocycles. The Morgan fingerprint density at radius 3 is 1.62 bits per heavy atom. The third-order valence-electron chi connectivity index (χ3n) is 15.0. The quantitative estimate of drug-likeness (QED) is 0.102. The van der Waals surface area contributed by atoms with Crippen LogP contribution < -0.4 is 35.9 Å². The van der Waals surface area contributed by atoms with E-state index in [4.69, 9.17) is 73.3 Å². The third kappa shape index (κ3) is 12.1. The maximum Gasteiger partial charge on any atom is 0.494 e. The van der Waals surface area contributed by atoms with E-state index in [-0.39, 0.29) is 18.3 Å². The molecule has 3 fully saturated rings. The normalized spacial score (nSPS) is 26.6. The summed E-state index contributed by atoms with van der Waals surface area (Å²) in [4.78, 5) is 21.8. The van der Waals surface area contributed by atoms with Crippen LogP contribution >= 0.6 is 15.9 Å². The van der Waals surface area contributed by atoms with Crippen LogP contribution in [0.3, 0.4) is 0 Å². The van der Waals surface area contributed by atoms with Gasteiger partial charge in [0, 0.05) is 84.9 Å². The van der Waals surface area contributed by atoms with Crippen molar-refractivity contribution >= 4 is 40.4 Å². The zero-order valence-corrected chi connectivity index (χ0v) is 46.8. The molecule has 0 aromatic heterocycles. The predicted octanol–water partition coefficient (Wildman–Crippen LogP) is 7.97. The van der Waals surface area contributed by atoms with E-state index in [0.29, 0.717) is 64.4 Å². The molecule has 0 amide bonds. The minimum Gasteiger partial charge on any atom is -0.494 e. The minimum atomic E-state index is -0.933. The number of rotatable bonds is 12. The number of hydrogen-bond acceptors (Lipinski definition) is 18. The molecule has 0 saturated carbocycles. The molecule has 7 aliphatic heterocycles. The van der Waals surface area contributed by atoms with Crippen LogP contribution in [0, 0.1) is 0 Å². The fourth-order valence-corrected chi connectivity index (χ4v) is 10.8. The molecular weight excluding hydrogens is 1040 g/mol. The molecule has 7 heterocycles. The van der Waals surface area contributed by atoms with Gasteiger partial charge in [-0.3, -0.25) is 0 Å².